The minimum absolute atomic E-state index is 0.280. The van der Waals surface area contributed by atoms with E-state index in [4.69, 9.17) is 0 Å². The second-order valence-corrected chi connectivity index (χ2v) is 7.43. The summed E-state index contributed by atoms with van der Waals surface area (Å²) in [7, 11) is 8.08. The maximum absolute atomic E-state index is 4.54. The number of likely N-dealkylation sites (N-methyl/N-ethyl adjacent to an activating group) is 1. The standard InChI is InChI=1S/C19H36N6/c1-7-15(8-2)16-9-10-25(14-16)19(20-3)21-12-18(23(4)5)17-11-22-24(6)13-17/h11,13,15-16,18H,7-10,12,14H2,1-6H3,(H,20,21). The quantitative estimate of drug-likeness (QED) is 0.607. The van der Waals surface area contributed by atoms with Crippen molar-refractivity contribution >= 4 is 5.96 Å². The third-order valence-electron chi connectivity index (χ3n) is 5.64. The average molecular weight is 349 g/mol. The maximum atomic E-state index is 4.54. The molecule has 0 spiro atoms. The summed E-state index contributed by atoms with van der Waals surface area (Å²) in [5.41, 5.74) is 1.23. The van der Waals surface area contributed by atoms with E-state index in [0.29, 0.717) is 0 Å². The molecule has 0 saturated carbocycles. The third kappa shape index (κ3) is 4.97. The molecule has 1 aliphatic rings. The Bertz CT molecular complexity index is 546. The van der Waals surface area contributed by atoms with Crippen LogP contribution < -0.4 is 5.32 Å². The van der Waals surface area contributed by atoms with Crippen molar-refractivity contribution in [3.63, 3.8) is 0 Å². The lowest BCUT2D eigenvalue weighted by Gasteiger charge is -2.28. The summed E-state index contributed by atoms with van der Waals surface area (Å²) < 4.78 is 1.86. The molecule has 6 heteroatoms. The molecule has 1 aliphatic heterocycles. The van der Waals surface area contributed by atoms with Gasteiger partial charge in [-0.25, -0.2) is 0 Å². The summed E-state index contributed by atoms with van der Waals surface area (Å²) in [6.45, 7) is 7.71. The van der Waals surface area contributed by atoms with Crippen LogP contribution in [0.2, 0.25) is 0 Å². The van der Waals surface area contributed by atoms with Crippen LogP contribution in [0.15, 0.2) is 17.4 Å². The molecule has 1 N–H and O–H groups in total. The Balaban J connectivity index is 1.95. The van der Waals surface area contributed by atoms with Gasteiger partial charge in [-0.15, -0.1) is 0 Å². The normalized spacial score (nSPS) is 19.9. The first-order valence-electron chi connectivity index (χ1n) is 9.60. The Kier molecular flexibility index (Phi) is 7.29. The van der Waals surface area contributed by atoms with Crippen molar-refractivity contribution in [2.75, 3.05) is 40.8 Å². The molecule has 1 saturated heterocycles. The van der Waals surface area contributed by atoms with E-state index in [0.717, 1.165) is 37.4 Å². The van der Waals surface area contributed by atoms with Crippen molar-refractivity contribution in [3.8, 4) is 0 Å². The van der Waals surface area contributed by atoms with E-state index in [2.05, 4.69) is 59.3 Å². The van der Waals surface area contributed by atoms with E-state index < -0.39 is 0 Å². The van der Waals surface area contributed by atoms with Crippen LogP contribution in [-0.4, -0.2) is 66.3 Å². The Morgan fingerprint density at radius 3 is 2.64 bits per heavy atom. The first-order valence-corrected chi connectivity index (χ1v) is 9.60. The van der Waals surface area contributed by atoms with Gasteiger partial charge in [-0.1, -0.05) is 26.7 Å². The predicted octanol–water partition coefficient (Wildman–Crippen LogP) is 2.36. The number of aliphatic imine (C=N–C) groups is 1. The fraction of sp³-hybridized carbons (Fsp3) is 0.789. The highest BCUT2D eigenvalue weighted by molar-refractivity contribution is 5.80. The molecular weight excluding hydrogens is 312 g/mol. The zero-order chi connectivity index (χ0) is 18.4. The molecule has 0 radical (unpaired) electrons. The number of rotatable bonds is 7. The summed E-state index contributed by atoms with van der Waals surface area (Å²) >= 11 is 0. The number of aromatic nitrogens is 2. The van der Waals surface area contributed by atoms with Crippen molar-refractivity contribution < 1.29 is 0 Å². The van der Waals surface area contributed by atoms with E-state index in [1.807, 2.05) is 25.0 Å². The second-order valence-electron chi connectivity index (χ2n) is 7.43. The Morgan fingerprint density at radius 2 is 2.12 bits per heavy atom. The van der Waals surface area contributed by atoms with Crippen molar-refractivity contribution in [3.05, 3.63) is 18.0 Å². The predicted molar refractivity (Wildman–Crippen MR) is 105 cm³/mol. The van der Waals surface area contributed by atoms with Crippen LogP contribution in [0.25, 0.3) is 0 Å². The van der Waals surface area contributed by atoms with Gasteiger partial charge in [0.15, 0.2) is 5.96 Å². The molecule has 6 nitrogen and oxygen atoms in total. The minimum Gasteiger partial charge on any atom is -0.354 e. The van der Waals surface area contributed by atoms with Gasteiger partial charge < -0.3 is 15.1 Å². The molecule has 0 bridgehead atoms. The number of guanidine groups is 1. The van der Waals surface area contributed by atoms with Gasteiger partial charge in [0, 0.05) is 45.5 Å². The summed E-state index contributed by atoms with van der Waals surface area (Å²) in [6.07, 6.45) is 7.89. The average Bonchev–Trinajstić information content (AvgIpc) is 3.22. The molecule has 2 rings (SSSR count). The van der Waals surface area contributed by atoms with E-state index in [1.165, 1.54) is 24.8 Å². The van der Waals surface area contributed by atoms with Crippen LogP contribution >= 0.6 is 0 Å². The SMILES string of the molecule is CCC(CC)C1CCN(C(=NC)NCC(c2cnn(C)c2)N(C)C)C1. The molecule has 1 aromatic rings. The summed E-state index contributed by atoms with van der Waals surface area (Å²) in [5.74, 6) is 2.67. The first kappa shape index (κ1) is 19.8. The summed E-state index contributed by atoms with van der Waals surface area (Å²) in [6, 6.07) is 0.280. The molecule has 1 aromatic heterocycles. The van der Waals surface area contributed by atoms with Gasteiger partial charge >= 0.3 is 0 Å². The lowest BCUT2D eigenvalue weighted by atomic mass is 9.87. The largest absolute Gasteiger partial charge is 0.354 e. The van der Waals surface area contributed by atoms with E-state index >= 15 is 0 Å². The fourth-order valence-corrected chi connectivity index (χ4v) is 4.05. The third-order valence-corrected chi connectivity index (χ3v) is 5.64. The van der Waals surface area contributed by atoms with Gasteiger partial charge in [-0.05, 0) is 32.4 Å². The topological polar surface area (TPSA) is 48.7 Å². The Hall–Kier alpha value is -1.56. The van der Waals surface area contributed by atoms with Crippen LogP contribution in [0.1, 0.15) is 44.7 Å². The number of likely N-dealkylation sites (tertiary alicyclic amines) is 1. The fourth-order valence-electron chi connectivity index (χ4n) is 4.05. The summed E-state index contributed by atoms with van der Waals surface area (Å²) in [5, 5.41) is 7.91. The molecule has 0 aromatic carbocycles. The van der Waals surface area contributed by atoms with Crippen LogP contribution in [0.4, 0.5) is 0 Å². The molecule has 1 fully saturated rings. The van der Waals surface area contributed by atoms with Gasteiger partial charge in [0.25, 0.3) is 0 Å². The van der Waals surface area contributed by atoms with Crippen LogP contribution in [0, 0.1) is 11.8 Å². The van der Waals surface area contributed by atoms with Gasteiger partial charge in [-0.2, -0.15) is 5.10 Å². The zero-order valence-electron chi connectivity index (χ0n) is 16.9. The first-order chi connectivity index (χ1) is 12.0. The van der Waals surface area contributed by atoms with Gasteiger partial charge in [0.1, 0.15) is 0 Å². The van der Waals surface area contributed by atoms with Gasteiger partial charge in [-0.3, -0.25) is 9.67 Å². The van der Waals surface area contributed by atoms with Crippen LogP contribution in [0.3, 0.4) is 0 Å². The zero-order valence-corrected chi connectivity index (χ0v) is 16.9. The lowest BCUT2D eigenvalue weighted by molar-refractivity contribution is 0.292. The number of hydrogen-bond donors (Lipinski definition) is 1. The number of aryl methyl sites for hydroxylation is 1. The van der Waals surface area contributed by atoms with Gasteiger partial charge in [0.05, 0.1) is 12.2 Å². The van der Waals surface area contributed by atoms with Crippen LogP contribution in [-0.2, 0) is 7.05 Å². The molecule has 142 valence electrons. The molecule has 0 amide bonds. The highest BCUT2D eigenvalue weighted by Crippen LogP contribution is 2.28. The molecule has 25 heavy (non-hydrogen) atoms. The second kappa shape index (κ2) is 9.22. The minimum atomic E-state index is 0.280. The van der Waals surface area contributed by atoms with Crippen molar-refractivity contribution in [1.82, 2.24) is 24.9 Å². The monoisotopic (exact) mass is 348 g/mol. The van der Waals surface area contributed by atoms with E-state index in [9.17, 15) is 0 Å². The smallest absolute Gasteiger partial charge is 0.193 e. The highest BCUT2D eigenvalue weighted by Gasteiger charge is 2.29. The summed E-state index contributed by atoms with van der Waals surface area (Å²) in [4.78, 5) is 9.20. The highest BCUT2D eigenvalue weighted by atomic mass is 15.3. The van der Waals surface area contributed by atoms with Crippen LogP contribution in [0.5, 0.6) is 0 Å². The molecular formula is C19H36N6. The molecule has 0 aliphatic carbocycles. The van der Waals surface area contributed by atoms with Gasteiger partial charge in [0.2, 0.25) is 0 Å². The number of nitrogens with one attached hydrogen (secondary N) is 1. The van der Waals surface area contributed by atoms with E-state index in [1.54, 1.807) is 0 Å². The Morgan fingerprint density at radius 1 is 1.40 bits per heavy atom. The lowest BCUT2D eigenvalue weighted by Crippen LogP contribution is -2.43. The van der Waals surface area contributed by atoms with Crippen molar-refractivity contribution in [1.29, 1.82) is 0 Å². The maximum Gasteiger partial charge on any atom is 0.193 e. The molecule has 2 atom stereocenters. The number of nitrogens with zero attached hydrogens (tertiary/aromatic N) is 5. The van der Waals surface area contributed by atoms with Crippen molar-refractivity contribution in [2.24, 2.45) is 23.9 Å². The molecule has 2 heterocycles. The molecule has 2 unspecified atom stereocenters. The number of hydrogen-bond acceptors (Lipinski definition) is 3. The van der Waals surface area contributed by atoms with E-state index in [-0.39, 0.29) is 6.04 Å². The van der Waals surface area contributed by atoms with Crippen molar-refractivity contribution in [2.45, 2.75) is 39.2 Å². The Labute approximate surface area is 153 Å².